The number of aromatic nitrogens is 2. The summed E-state index contributed by atoms with van der Waals surface area (Å²) >= 11 is 0. The Balaban J connectivity index is 1.86. The van der Waals surface area contributed by atoms with Crippen molar-refractivity contribution >= 4 is 23.1 Å². The van der Waals surface area contributed by atoms with Crippen molar-refractivity contribution in [1.82, 2.24) is 19.2 Å². The van der Waals surface area contributed by atoms with E-state index in [1.54, 1.807) is 36.6 Å². The van der Waals surface area contributed by atoms with Crippen LogP contribution < -0.4 is 0 Å². The highest BCUT2D eigenvalue weighted by molar-refractivity contribution is 6.46. The molecule has 0 aliphatic carbocycles. The fourth-order valence-electron chi connectivity index (χ4n) is 4.09. The van der Waals surface area contributed by atoms with Crippen molar-refractivity contribution in [2.24, 2.45) is 0 Å². The number of amides is 1. The van der Waals surface area contributed by atoms with E-state index >= 15 is 0 Å². The maximum absolute atomic E-state index is 13.1. The molecule has 3 aromatic heterocycles. The van der Waals surface area contributed by atoms with Crippen molar-refractivity contribution in [3.8, 4) is 0 Å². The average Bonchev–Trinajstić information content (AvgIpc) is 3.36. The summed E-state index contributed by atoms with van der Waals surface area (Å²) in [6.07, 6.45) is 2.45. The number of rotatable bonds is 6. The van der Waals surface area contributed by atoms with Gasteiger partial charge in [0.05, 0.1) is 11.3 Å². The molecule has 0 aromatic carbocycles. The van der Waals surface area contributed by atoms with Crippen molar-refractivity contribution in [2.75, 3.05) is 27.2 Å². The maximum Gasteiger partial charge on any atom is 0.295 e. The monoisotopic (exact) mass is 422 g/mol. The van der Waals surface area contributed by atoms with E-state index in [4.69, 9.17) is 4.42 Å². The molecule has 1 N–H and O–H groups in total. The molecule has 31 heavy (non-hydrogen) atoms. The van der Waals surface area contributed by atoms with Gasteiger partial charge in [0.1, 0.15) is 28.9 Å². The lowest BCUT2D eigenvalue weighted by Gasteiger charge is -2.24. The topological polar surface area (TPSA) is 91.3 Å². The van der Waals surface area contributed by atoms with Gasteiger partial charge in [0.15, 0.2) is 5.76 Å². The molecule has 1 saturated heterocycles. The number of hydrogen-bond donors (Lipinski definition) is 1. The predicted octanol–water partition coefficient (Wildman–Crippen LogP) is 2.92. The second-order valence-corrected chi connectivity index (χ2v) is 8.07. The number of nitrogens with zero attached hydrogens (tertiary/aromatic N) is 4. The van der Waals surface area contributed by atoms with Crippen molar-refractivity contribution < 1.29 is 19.1 Å². The van der Waals surface area contributed by atoms with Gasteiger partial charge in [-0.3, -0.25) is 14.0 Å². The molecule has 1 aliphatic heterocycles. The second kappa shape index (κ2) is 8.03. The summed E-state index contributed by atoms with van der Waals surface area (Å²) in [6.45, 7) is 4.70. The van der Waals surface area contributed by atoms with Crippen LogP contribution in [0.25, 0.3) is 11.4 Å². The summed E-state index contributed by atoms with van der Waals surface area (Å²) in [5.74, 6) is -0.476. The fourth-order valence-corrected chi connectivity index (χ4v) is 4.09. The van der Waals surface area contributed by atoms with Gasteiger partial charge in [-0.15, -0.1) is 0 Å². The van der Waals surface area contributed by atoms with Gasteiger partial charge < -0.3 is 19.3 Å². The Kier molecular flexibility index (Phi) is 5.41. The van der Waals surface area contributed by atoms with E-state index in [9.17, 15) is 14.7 Å². The molecule has 1 amide bonds. The number of likely N-dealkylation sites (tertiary alicyclic amines) is 1. The van der Waals surface area contributed by atoms with E-state index in [1.807, 2.05) is 37.2 Å². The number of hydrogen-bond acceptors (Lipinski definition) is 6. The summed E-state index contributed by atoms with van der Waals surface area (Å²) < 4.78 is 7.53. The average molecular weight is 422 g/mol. The number of furan rings is 1. The number of aryl methyl sites for hydroxylation is 2. The lowest BCUT2D eigenvalue weighted by Crippen LogP contribution is -2.32. The molecule has 8 nitrogen and oxygen atoms in total. The largest absolute Gasteiger partial charge is 0.505 e. The van der Waals surface area contributed by atoms with Crippen LogP contribution in [0.5, 0.6) is 0 Å². The molecule has 162 valence electrons. The number of ketones is 1. The van der Waals surface area contributed by atoms with E-state index in [1.165, 1.54) is 4.90 Å². The van der Waals surface area contributed by atoms with Gasteiger partial charge in [-0.1, -0.05) is 6.07 Å². The molecule has 1 atom stereocenters. The smallest absolute Gasteiger partial charge is 0.295 e. The van der Waals surface area contributed by atoms with Crippen LogP contribution in [0.1, 0.15) is 35.4 Å². The standard InChI is InChI=1S/C23H26N4O4/c1-14-9-10-16(31-14)20-18(22(29)23(30)27(20)13-7-11-25(3)4)21(28)19-15(2)24-17-8-5-6-12-26(17)19/h5-6,8-10,12,20,28H,7,11,13H2,1-4H3/b21-18-/t20-/m1/s1. The van der Waals surface area contributed by atoms with Crippen LogP contribution in [0.15, 0.2) is 46.5 Å². The van der Waals surface area contributed by atoms with Crippen molar-refractivity contribution in [1.29, 1.82) is 0 Å². The molecule has 4 rings (SSSR count). The normalized spacial score (nSPS) is 18.6. The molecule has 0 saturated carbocycles. The summed E-state index contributed by atoms with van der Waals surface area (Å²) in [7, 11) is 3.91. The lowest BCUT2D eigenvalue weighted by molar-refractivity contribution is -0.140. The third kappa shape index (κ3) is 3.63. The molecule has 0 radical (unpaired) electrons. The van der Waals surface area contributed by atoms with Crippen LogP contribution >= 0.6 is 0 Å². The highest BCUT2D eigenvalue weighted by Gasteiger charge is 2.47. The molecule has 0 unspecified atom stereocenters. The molecule has 1 fully saturated rings. The van der Waals surface area contributed by atoms with Gasteiger partial charge in [-0.25, -0.2) is 4.98 Å². The molecule has 3 aromatic rings. The van der Waals surface area contributed by atoms with E-state index < -0.39 is 17.7 Å². The first-order valence-electron chi connectivity index (χ1n) is 10.2. The number of fused-ring (bicyclic) bond motifs is 1. The van der Waals surface area contributed by atoms with Crippen molar-refractivity contribution in [3.05, 3.63) is 65.0 Å². The van der Waals surface area contributed by atoms with Gasteiger partial charge in [-0.2, -0.15) is 0 Å². The Hall–Kier alpha value is -3.39. The van der Waals surface area contributed by atoms with Crippen LogP contribution in [-0.4, -0.2) is 63.2 Å². The molecule has 8 heteroatoms. The summed E-state index contributed by atoms with van der Waals surface area (Å²) in [4.78, 5) is 34.0. The Labute approximate surface area is 180 Å². The second-order valence-electron chi connectivity index (χ2n) is 8.07. The van der Waals surface area contributed by atoms with Crippen LogP contribution in [0.2, 0.25) is 0 Å². The van der Waals surface area contributed by atoms with Crippen molar-refractivity contribution in [3.63, 3.8) is 0 Å². The van der Waals surface area contributed by atoms with Gasteiger partial charge in [0.25, 0.3) is 11.7 Å². The van der Waals surface area contributed by atoms with Crippen LogP contribution in [0.4, 0.5) is 0 Å². The third-order valence-electron chi connectivity index (χ3n) is 5.50. The third-order valence-corrected chi connectivity index (χ3v) is 5.50. The summed E-state index contributed by atoms with van der Waals surface area (Å²) in [5.41, 5.74) is 1.64. The number of carbonyl (C=O) groups is 2. The minimum absolute atomic E-state index is 0.0259. The zero-order valence-electron chi connectivity index (χ0n) is 18.1. The van der Waals surface area contributed by atoms with Gasteiger partial charge in [0, 0.05) is 12.7 Å². The molecule has 0 spiro atoms. The van der Waals surface area contributed by atoms with E-state index in [-0.39, 0.29) is 11.3 Å². The summed E-state index contributed by atoms with van der Waals surface area (Å²) in [5, 5.41) is 11.3. The minimum Gasteiger partial charge on any atom is -0.505 e. The molecular weight excluding hydrogens is 396 g/mol. The fraction of sp³-hybridized carbons (Fsp3) is 0.348. The van der Waals surface area contributed by atoms with Crippen molar-refractivity contribution in [2.45, 2.75) is 26.3 Å². The SMILES string of the molecule is Cc1ccc([C@@H]2/C(=C(/O)c3c(C)nc4ccccn34)C(=O)C(=O)N2CCCN(C)C)o1. The molecule has 1 aliphatic rings. The van der Waals surface area contributed by atoms with Gasteiger partial charge in [0.2, 0.25) is 0 Å². The predicted molar refractivity (Wildman–Crippen MR) is 116 cm³/mol. The number of imidazole rings is 1. The van der Waals surface area contributed by atoms with Gasteiger partial charge in [-0.05, 0) is 65.2 Å². The van der Waals surface area contributed by atoms with E-state index in [2.05, 4.69) is 4.98 Å². The van der Waals surface area contributed by atoms with Crippen LogP contribution in [0, 0.1) is 13.8 Å². The molecule has 0 bridgehead atoms. The zero-order chi connectivity index (χ0) is 22.3. The Bertz CT molecular complexity index is 1190. The first-order valence-corrected chi connectivity index (χ1v) is 10.2. The number of Topliss-reactive ketones (excluding diaryl/α,β-unsaturated/α-hetero) is 1. The maximum atomic E-state index is 13.1. The van der Waals surface area contributed by atoms with E-state index in [0.717, 1.165) is 6.54 Å². The highest BCUT2D eigenvalue weighted by atomic mass is 16.3. The zero-order valence-corrected chi connectivity index (χ0v) is 18.1. The summed E-state index contributed by atoms with van der Waals surface area (Å²) in [6, 6.07) is 8.23. The minimum atomic E-state index is -0.787. The Morgan fingerprint density at radius 3 is 2.65 bits per heavy atom. The quantitative estimate of drug-likeness (QED) is 0.373. The van der Waals surface area contributed by atoms with Gasteiger partial charge >= 0.3 is 0 Å². The van der Waals surface area contributed by atoms with E-state index in [0.29, 0.717) is 41.5 Å². The molecule has 4 heterocycles. The number of carbonyl (C=O) groups excluding carboxylic acids is 2. The first-order chi connectivity index (χ1) is 14.8. The van der Waals surface area contributed by atoms with Crippen LogP contribution in [0.3, 0.4) is 0 Å². The number of aliphatic hydroxyl groups excluding tert-OH is 1. The lowest BCUT2D eigenvalue weighted by atomic mass is 10.0. The first kappa shape index (κ1) is 20.9. The Morgan fingerprint density at radius 2 is 1.97 bits per heavy atom. The molecular formula is C23H26N4O4. The van der Waals surface area contributed by atoms with Crippen LogP contribution in [-0.2, 0) is 9.59 Å². The Morgan fingerprint density at radius 1 is 1.19 bits per heavy atom. The highest BCUT2D eigenvalue weighted by Crippen LogP contribution is 2.40. The number of pyridine rings is 1. The number of aliphatic hydroxyl groups is 1.